The first-order valence-corrected chi connectivity index (χ1v) is 39.2. The summed E-state index contributed by atoms with van der Waals surface area (Å²) in [5, 5.41) is 20.6. The van der Waals surface area contributed by atoms with Crippen LogP contribution in [0.2, 0.25) is 0 Å². The molecule has 536 valence electrons. The average Bonchev–Trinajstić information content (AvgIpc) is 2.77. The molecule has 0 aliphatic heterocycles. The van der Waals surface area contributed by atoms with E-state index in [1.54, 1.807) is 0 Å². The molecule has 0 spiro atoms. The van der Waals surface area contributed by atoms with Crippen molar-refractivity contribution in [1.29, 1.82) is 0 Å². The number of aliphatic hydroxyl groups excluding tert-OH is 2. The second-order valence-electron chi connectivity index (χ2n) is 24.0. The maximum Gasteiger partial charge on any atom is 0.472 e. The Balaban J connectivity index is 4.53. The van der Waals surface area contributed by atoms with Crippen molar-refractivity contribution in [3.8, 4) is 0 Å². The molecular formula is C75H130O16P2. The highest BCUT2D eigenvalue weighted by Gasteiger charge is 2.29. The molecule has 5 atom stereocenters. The van der Waals surface area contributed by atoms with Crippen LogP contribution in [0.1, 0.15) is 290 Å². The average molecular weight is 1350 g/mol. The van der Waals surface area contributed by atoms with Crippen LogP contribution in [0.15, 0.2) is 109 Å². The molecule has 0 aliphatic rings. The van der Waals surface area contributed by atoms with Crippen LogP contribution in [0, 0.1) is 0 Å². The number of carbonyl (C=O) groups is 3. The zero-order chi connectivity index (χ0) is 68.1. The van der Waals surface area contributed by atoms with Gasteiger partial charge in [-0.3, -0.25) is 32.5 Å². The summed E-state index contributed by atoms with van der Waals surface area (Å²) in [6.45, 7) is 2.44. The Bertz CT molecular complexity index is 2130. The third-order valence-electron chi connectivity index (χ3n) is 15.0. The topological polar surface area (TPSA) is 231 Å². The molecular weight excluding hydrogens is 1220 g/mol. The van der Waals surface area contributed by atoms with Gasteiger partial charge in [0.05, 0.1) is 26.4 Å². The molecule has 0 amide bonds. The fourth-order valence-electron chi connectivity index (χ4n) is 9.53. The summed E-state index contributed by atoms with van der Waals surface area (Å²) in [7, 11) is -9.78. The van der Waals surface area contributed by atoms with Gasteiger partial charge in [-0.25, -0.2) is 9.13 Å². The smallest absolute Gasteiger partial charge is 0.463 e. The quantitative estimate of drug-likeness (QED) is 0.0146. The zero-order valence-electron chi connectivity index (χ0n) is 58.1. The molecule has 0 saturated carbocycles. The van der Waals surface area contributed by atoms with Gasteiger partial charge in [-0.2, -0.15) is 0 Å². The Morgan fingerprint density at radius 2 is 0.570 bits per heavy atom. The summed E-state index contributed by atoms with van der Waals surface area (Å²) < 4.78 is 60.9. The summed E-state index contributed by atoms with van der Waals surface area (Å²) in [4.78, 5) is 58.4. The lowest BCUT2D eigenvalue weighted by molar-refractivity contribution is -0.161. The monoisotopic (exact) mass is 1350 g/mol. The van der Waals surface area contributed by atoms with Gasteiger partial charge in [0.1, 0.15) is 25.4 Å². The van der Waals surface area contributed by atoms with Crippen molar-refractivity contribution in [3.05, 3.63) is 109 Å². The molecule has 0 fully saturated rings. The van der Waals surface area contributed by atoms with Crippen LogP contribution in [0.3, 0.4) is 0 Å². The molecule has 0 radical (unpaired) electrons. The molecule has 0 aromatic carbocycles. The first kappa shape index (κ1) is 89.2. The van der Waals surface area contributed by atoms with Crippen molar-refractivity contribution < 1.29 is 75.8 Å². The Morgan fingerprint density at radius 3 is 0.903 bits per heavy atom. The number of phosphoric acid groups is 2. The largest absolute Gasteiger partial charge is 0.472 e. The molecule has 4 N–H and O–H groups in total. The normalized spacial score (nSPS) is 14.8. The molecule has 5 unspecified atom stereocenters. The highest BCUT2D eigenvalue weighted by Crippen LogP contribution is 2.45. The van der Waals surface area contributed by atoms with Crippen molar-refractivity contribution in [3.63, 3.8) is 0 Å². The second kappa shape index (κ2) is 68.2. The van der Waals surface area contributed by atoms with Crippen LogP contribution >= 0.6 is 15.6 Å². The summed E-state index contributed by atoms with van der Waals surface area (Å²) in [6.07, 6.45) is 77.1. The molecule has 0 saturated heterocycles. The van der Waals surface area contributed by atoms with Crippen LogP contribution in [-0.2, 0) is 55.8 Å². The summed E-state index contributed by atoms with van der Waals surface area (Å²) in [6, 6.07) is 0. The number of phosphoric ester groups is 2. The van der Waals surface area contributed by atoms with Gasteiger partial charge in [0.15, 0.2) is 6.10 Å². The predicted molar refractivity (Wildman–Crippen MR) is 380 cm³/mol. The van der Waals surface area contributed by atoms with Crippen molar-refractivity contribution in [2.75, 3.05) is 39.6 Å². The van der Waals surface area contributed by atoms with E-state index in [1.807, 2.05) is 0 Å². The predicted octanol–water partition coefficient (Wildman–Crippen LogP) is 20.4. The zero-order valence-corrected chi connectivity index (χ0v) is 59.9. The minimum Gasteiger partial charge on any atom is -0.463 e. The van der Waals surface area contributed by atoms with Crippen LogP contribution in [0.4, 0.5) is 0 Å². The third kappa shape index (κ3) is 69.4. The number of hydrogen-bond acceptors (Lipinski definition) is 14. The first-order valence-electron chi connectivity index (χ1n) is 36.2. The lowest BCUT2D eigenvalue weighted by Crippen LogP contribution is -2.30. The van der Waals surface area contributed by atoms with Crippen LogP contribution < -0.4 is 0 Å². The maximum atomic E-state index is 12.9. The molecule has 93 heavy (non-hydrogen) atoms. The van der Waals surface area contributed by atoms with Gasteiger partial charge in [0.2, 0.25) is 0 Å². The van der Waals surface area contributed by atoms with Crippen LogP contribution in [0.25, 0.3) is 0 Å². The molecule has 0 rings (SSSR count). The number of aliphatic hydroxyl groups is 2. The lowest BCUT2D eigenvalue weighted by atomic mass is 10.0. The van der Waals surface area contributed by atoms with E-state index in [4.69, 9.17) is 32.3 Å². The number of unbranched alkanes of at least 4 members (excludes halogenated alkanes) is 27. The third-order valence-corrected chi connectivity index (χ3v) is 16.9. The Labute approximate surface area is 564 Å². The van der Waals surface area contributed by atoms with Crippen molar-refractivity contribution in [2.24, 2.45) is 0 Å². The SMILES string of the molecule is CC/C=C\C/C=C\C/C=C\C/C=C\C/C=C\C/C=C\CCCCCCCCCCC(=O)OCC(O)COP(=O)(O)OCC(O)COP(=O)(O)OCC(COC(=O)CCCCCCCCC/C=C\C/C=C\C/C=C\CC)OC(=O)CCCCCCCCCCCCCCC. The molecule has 0 aromatic rings. The molecule has 0 aromatic heterocycles. The van der Waals surface area contributed by atoms with Crippen molar-refractivity contribution in [1.82, 2.24) is 0 Å². The fraction of sp³-hybridized carbons (Fsp3) is 0.720. The van der Waals surface area contributed by atoms with E-state index in [-0.39, 0.29) is 19.3 Å². The molecule has 16 nitrogen and oxygen atoms in total. The Kier molecular flexibility index (Phi) is 65.4. The number of carbonyl (C=O) groups excluding carboxylic acids is 3. The van der Waals surface area contributed by atoms with Crippen molar-refractivity contribution in [2.45, 2.75) is 309 Å². The maximum absolute atomic E-state index is 12.9. The lowest BCUT2D eigenvalue weighted by Gasteiger charge is -2.21. The van der Waals surface area contributed by atoms with Crippen molar-refractivity contribution >= 4 is 33.6 Å². The van der Waals surface area contributed by atoms with Gasteiger partial charge in [0, 0.05) is 19.3 Å². The molecule has 0 bridgehead atoms. The Morgan fingerprint density at radius 1 is 0.312 bits per heavy atom. The first-order chi connectivity index (χ1) is 45.2. The van der Waals surface area contributed by atoms with E-state index < -0.39 is 91.5 Å². The van der Waals surface area contributed by atoms with E-state index >= 15 is 0 Å². The highest BCUT2D eigenvalue weighted by atomic mass is 31.2. The van der Waals surface area contributed by atoms with E-state index in [0.717, 1.165) is 161 Å². The van der Waals surface area contributed by atoms with Gasteiger partial charge in [0.25, 0.3) is 0 Å². The number of esters is 3. The number of allylic oxidation sites excluding steroid dienone is 18. The Hall–Kier alpha value is -3.79. The van der Waals surface area contributed by atoms with Crippen LogP contribution in [-0.4, -0.2) is 95.9 Å². The summed E-state index contributed by atoms with van der Waals surface area (Å²) in [5.74, 6) is -1.59. The molecule has 0 aliphatic carbocycles. The second-order valence-corrected chi connectivity index (χ2v) is 26.9. The minimum absolute atomic E-state index is 0.105. The fourth-order valence-corrected chi connectivity index (χ4v) is 11.1. The van der Waals surface area contributed by atoms with E-state index in [1.165, 1.54) is 70.6 Å². The molecule has 18 heteroatoms. The number of rotatable bonds is 68. The summed E-state index contributed by atoms with van der Waals surface area (Å²) >= 11 is 0. The van der Waals surface area contributed by atoms with Gasteiger partial charge >= 0.3 is 33.6 Å². The van der Waals surface area contributed by atoms with Gasteiger partial charge in [-0.05, 0) is 103 Å². The van der Waals surface area contributed by atoms with E-state index in [2.05, 4.69) is 130 Å². The minimum atomic E-state index is -4.92. The summed E-state index contributed by atoms with van der Waals surface area (Å²) in [5.41, 5.74) is 0. The van der Waals surface area contributed by atoms with E-state index in [9.17, 15) is 43.5 Å². The van der Waals surface area contributed by atoms with Gasteiger partial charge < -0.3 is 34.2 Å². The van der Waals surface area contributed by atoms with Crippen LogP contribution in [0.5, 0.6) is 0 Å². The molecule has 0 heterocycles. The standard InChI is InChI=1S/C75H130O16P2/c1-4-7-10-13-16-19-22-25-27-29-30-31-32-33-34-35-36-37-38-40-42-44-46-49-52-55-58-61-73(78)85-64-70(76)65-87-92(81,82)88-66-71(77)67-89-93(83,84)90-69-72(91-75(80)63-60-57-54-51-48-43-24-21-18-15-12-9-6-3)68-86-74(79)62-59-56-53-50-47-45-41-39-28-26-23-20-17-14-11-8-5-2/h7-8,10-11,16-17,19-20,25-28,30-31,33-34,36-37,70-72,76-77H,4-6,9,12-15,18,21-24,29,32,35,38-69H2,1-3H3,(H,81,82)(H,83,84)/b10-7-,11-8-,19-16-,20-17-,27-25-,28-26-,31-30-,34-33-,37-36-. The van der Waals surface area contributed by atoms with Gasteiger partial charge in [-0.1, -0.05) is 278 Å². The highest BCUT2D eigenvalue weighted by molar-refractivity contribution is 7.47. The number of ether oxygens (including phenoxy) is 3. The van der Waals surface area contributed by atoms with E-state index in [0.29, 0.717) is 19.3 Å². The number of hydrogen-bond donors (Lipinski definition) is 4. The van der Waals surface area contributed by atoms with Gasteiger partial charge in [-0.15, -0.1) is 0 Å².